The molecule has 0 fully saturated rings. The fourth-order valence-electron chi connectivity index (χ4n) is 1.27. The molecule has 0 radical (unpaired) electrons. The Morgan fingerprint density at radius 3 is 1.94 bits per heavy atom. The Bertz CT molecular complexity index is 557. The normalized spacial score (nSPS) is 20.6. The van der Waals surface area contributed by atoms with Crippen molar-refractivity contribution in [1.29, 1.82) is 0 Å². The minimum atomic E-state index is -3.65. The van der Waals surface area contributed by atoms with E-state index in [2.05, 4.69) is 0 Å². The van der Waals surface area contributed by atoms with E-state index in [4.69, 9.17) is 9.47 Å². The summed E-state index contributed by atoms with van der Waals surface area (Å²) in [5, 5.41) is 0. The second-order valence-corrected chi connectivity index (χ2v) is 5.11. The zero-order valence-corrected chi connectivity index (χ0v) is 10.2. The van der Waals surface area contributed by atoms with Crippen LogP contribution in [-0.4, -0.2) is 12.7 Å². The highest BCUT2D eigenvalue weighted by molar-refractivity contribution is 7.89. The topological polar surface area (TPSA) is 55.8 Å². The summed E-state index contributed by atoms with van der Waals surface area (Å²) in [5.74, 6) is 0. The number of rotatable bonds is 2. The first kappa shape index (κ1) is 12.3. The molecule has 0 aromatic heterocycles. The molecule has 1 aromatic carbocycles. The lowest BCUT2D eigenvalue weighted by Crippen LogP contribution is -2.20. The van der Waals surface area contributed by atoms with Crippen LogP contribution in [0.2, 0.25) is 0 Å². The Hall–Kier alpha value is -2.21. The van der Waals surface area contributed by atoms with E-state index in [1.54, 1.807) is 18.2 Å². The summed E-state index contributed by atoms with van der Waals surface area (Å²) < 4.78 is 35.3. The van der Waals surface area contributed by atoms with Crippen LogP contribution in [0.1, 0.15) is 0 Å². The quantitative estimate of drug-likeness (QED) is 0.822. The Morgan fingerprint density at radius 2 is 1.39 bits per heavy atom. The molecule has 1 aliphatic heterocycles. The number of sulfonamides is 1. The predicted molar refractivity (Wildman–Crippen MR) is 65.1 cm³/mol. The minimum Gasteiger partial charge on any atom is -0.468 e. The molecule has 0 aliphatic carbocycles. The first-order valence-corrected chi connectivity index (χ1v) is 6.53. The number of benzene rings is 1. The van der Waals surface area contributed by atoms with Crippen molar-refractivity contribution in [2.45, 2.75) is 4.90 Å². The van der Waals surface area contributed by atoms with E-state index in [0.717, 1.165) is 4.31 Å². The van der Waals surface area contributed by atoms with E-state index in [9.17, 15) is 8.42 Å². The van der Waals surface area contributed by atoms with Gasteiger partial charge in [-0.25, -0.2) is 12.7 Å². The third-order valence-corrected chi connectivity index (χ3v) is 3.77. The van der Waals surface area contributed by atoms with Gasteiger partial charge in [0.1, 0.15) is 25.0 Å². The van der Waals surface area contributed by atoms with Crippen LogP contribution in [0.25, 0.3) is 0 Å². The Balaban J connectivity index is 2.34. The van der Waals surface area contributed by atoms with Crippen LogP contribution in [0.5, 0.6) is 0 Å². The molecule has 0 N–H and O–H groups in total. The first-order valence-electron chi connectivity index (χ1n) is 5.09. The molecular weight excluding hydrogens is 254 g/mol. The molecule has 1 aliphatic rings. The average Bonchev–Trinajstić information content (AvgIpc) is 2.53. The van der Waals surface area contributed by atoms with Gasteiger partial charge in [0.15, 0.2) is 0 Å². The predicted octanol–water partition coefficient (Wildman–Crippen LogP) is 2.14. The lowest BCUT2D eigenvalue weighted by Gasteiger charge is -2.15. The molecule has 0 amide bonds. The zero-order chi connectivity index (χ0) is 12.8. The molecule has 2 rings (SSSR count). The second-order valence-electron chi connectivity index (χ2n) is 3.26. The molecule has 0 atom stereocenters. The van der Waals surface area contributed by atoms with Gasteiger partial charge in [-0.15, -0.1) is 0 Å². The van der Waals surface area contributed by atoms with Gasteiger partial charge in [-0.3, -0.25) is 0 Å². The van der Waals surface area contributed by atoms with E-state index in [1.165, 1.54) is 49.6 Å². The second kappa shape index (κ2) is 5.42. The van der Waals surface area contributed by atoms with Crippen molar-refractivity contribution in [3.8, 4) is 0 Å². The number of ether oxygens (including phenoxy) is 2. The van der Waals surface area contributed by atoms with Gasteiger partial charge >= 0.3 is 0 Å². The molecule has 1 aromatic rings. The standard InChI is InChI=1S/C12H11NO4S/c14-18(15,12-4-2-1-3-5-12)13-6-8-16-10-11-17-9-7-13/h1-11H/b8-6-,9-7-,11-10-. The molecular formula is C12H11NO4S. The number of hydrogen-bond acceptors (Lipinski definition) is 4. The number of hydrogen-bond donors (Lipinski definition) is 0. The zero-order valence-electron chi connectivity index (χ0n) is 9.34. The molecule has 0 bridgehead atoms. The van der Waals surface area contributed by atoms with Crippen LogP contribution < -0.4 is 0 Å². The summed E-state index contributed by atoms with van der Waals surface area (Å²) in [6.07, 6.45) is 7.65. The SMILES string of the molecule is O=S(=O)(c1ccccc1)N1/C=C\O/C=C\O/C=C\1. The van der Waals surface area contributed by atoms with E-state index >= 15 is 0 Å². The summed E-state index contributed by atoms with van der Waals surface area (Å²) in [6, 6.07) is 8.10. The van der Waals surface area contributed by atoms with E-state index in [-0.39, 0.29) is 4.90 Å². The lowest BCUT2D eigenvalue weighted by molar-refractivity contribution is 0.346. The first-order chi connectivity index (χ1) is 8.71. The lowest BCUT2D eigenvalue weighted by atomic mass is 10.4. The van der Waals surface area contributed by atoms with Gasteiger partial charge in [0.2, 0.25) is 0 Å². The monoisotopic (exact) mass is 265 g/mol. The Kier molecular flexibility index (Phi) is 3.69. The third-order valence-electron chi connectivity index (χ3n) is 2.10. The van der Waals surface area contributed by atoms with Crippen molar-refractivity contribution < 1.29 is 17.9 Å². The van der Waals surface area contributed by atoms with Crippen molar-refractivity contribution in [3.63, 3.8) is 0 Å². The van der Waals surface area contributed by atoms with Gasteiger partial charge in [-0.2, -0.15) is 0 Å². The van der Waals surface area contributed by atoms with Gasteiger partial charge in [0, 0.05) is 0 Å². The van der Waals surface area contributed by atoms with Crippen molar-refractivity contribution in [1.82, 2.24) is 4.31 Å². The van der Waals surface area contributed by atoms with Crippen LogP contribution in [0.15, 0.2) is 72.7 Å². The van der Waals surface area contributed by atoms with Gasteiger partial charge in [0.05, 0.1) is 17.3 Å². The van der Waals surface area contributed by atoms with Gasteiger partial charge in [-0.1, -0.05) is 18.2 Å². The average molecular weight is 265 g/mol. The van der Waals surface area contributed by atoms with Crippen molar-refractivity contribution in [2.75, 3.05) is 0 Å². The van der Waals surface area contributed by atoms with Crippen LogP contribution in [0.4, 0.5) is 0 Å². The summed E-state index contributed by atoms with van der Waals surface area (Å²) in [5.41, 5.74) is 0. The smallest absolute Gasteiger partial charge is 0.267 e. The van der Waals surface area contributed by atoms with Crippen molar-refractivity contribution in [2.24, 2.45) is 0 Å². The van der Waals surface area contributed by atoms with Crippen molar-refractivity contribution in [3.05, 3.63) is 67.8 Å². The van der Waals surface area contributed by atoms with Gasteiger partial charge in [0.25, 0.3) is 10.0 Å². The fourth-order valence-corrected chi connectivity index (χ4v) is 2.43. The molecule has 1 heterocycles. The molecule has 5 nitrogen and oxygen atoms in total. The number of nitrogens with zero attached hydrogens (tertiary/aromatic N) is 1. The maximum atomic E-state index is 12.3. The van der Waals surface area contributed by atoms with Gasteiger partial charge < -0.3 is 9.47 Å². The minimum absolute atomic E-state index is 0.187. The molecule has 0 spiro atoms. The Labute approximate surface area is 105 Å². The molecule has 94 valence electrons. The highest BCUT2D eigenvalue weighted by Crippen LogP contribution is 2.16. The summed E-state index contributed by atoms with van der Waals surface area (Å²) in [7, 11) is -3.65. The molecule has 0 saturated carbocycles. The van der Waals surface area contributed by atoms with Crippen LogP contribution >= 0.6 is 0 Å². The van der Waals surface area contributed by atoms with Crippen LogP contribution in [0.3, 0.4) is 0 Å². The maximum Gasteiger partial charge on any atom is 0.267 e. The summed E-state index contributed by atoms with van der Waals surface area (Å²) >= 11 is 0. The maximum absolute atomic E-state index is 12.3. The fraction of sp³-hybridized carbons (Fsp3) is 0. The molecule has 0 unspecified atom stereocenters. The molecule has 6 heteroatoms. The van der Waals surface area contributed by atoms with Gasteiger partial charge in [-0.05, 0) is 12.1 Å². The van der Waals surface area contributed by atoms with Crippen LogP contribution in [-0.2, 0) is 19.5 Å². The third kappa shape index (κ3) is 2.72. The summed E-state index contributed by atoms with van der Waals surface area (Å²) in [4.78, 5) is 0.187. The van der Waals surface area contributed by atoms with E-state index in [1.807, 2.05) is 0 Å². The van der Waals surface area contributed by atoms with E-state index in [0.29, 0.717) is 0 Å². The largest absolute Gasteiger partial charge is 0.468 e. The molecule has 18 heavy (non-hydrogen) atoms. The highest BCUT2D eigenvalue weighted by atomic mass is 32.2. The molecule has 0 saturated heterocycles. The Morgan fingerprint density at radius 1 is 0.833 bits per heavy atom. The summed E-state index contributed by atoms with van der Waals surface area (Å²) in [6.45, 7) is 0. The van der Waals surface area contributed by atoms with Crippen molar-refractivity contribution >= 4 is 10.0 Å². The van der Waals surface area contributed by atoms with E-state index < -0.39 is 10.0 Å². The highest BCUT2D eigenvalue weighted by Gasteiger charge is 2.19. The van der Waals surface area contributed by atoms with Crippen LogP contribution in [0, 0.1) is 0 Å².